The van der Waals surface area contributed by atoms with Crippen LogP contribution in [0.15, 0.2) is 30.3 Å². The molecule has 8 nitrogen and oxygen atoms in total. The maximum atomic E-state index is 12.6. The summed E-state index contributed by atoms with van der Waals surface area (Å²) < 4.78 is 0. The largest absolute Gasteiger partial charge is 0.339 e. The highest BCUT2D eigenvalue weighted by Crippen LogP contribution is 2.15. The minimum atomic E-state index is -0.529. The van der Waals surface area contributed by atoms with E-state index in [0.29, 0.717) is 32.0 Å². The van der Waals surface area contributed by atoms with Gasteiger partial charge in [-0.2, -0.15) is 4.80 Å². The van der Waals surface area contributed by atoms with E-state index in [0.717, 1.165) is 5.56 Å². The molecule has 1 atom stereocenters. The van der Waals surface area contributed by atoms with Gasteiger partial charge < -0.3 is 9.80 Å². The lowest BCUT2D eigenvalue weighted by Crippen LogP contribution is -2.51. The molecule has 0 aliphatic carbocycles. The zero-order chi connectivity index (χ0) is 17.1. The first kappa shape index (κ1) is 16.1. The van der Waals surface area contributed by atoms with Crippen LogP contribution in [0.5, 0.6) is 0 Å². The van der Waals surface area contributed by atoms with Gasteiger partial charge in [-0.05, 0) is 12.1 Å². The molecule has 0 bridgehead atoms. The van der Waals surface area contributed by atoms with Gasteiger partial charge in [-0.25, -0.2) is 0 Å². The Balaban J connectivity index is 1.66. The Bertz CT molecular complexity index is 721. The molecule has 0 N–H and O–H groups in total. The summed E-state index contributed by atoms with van der Waals surface area (Å²) in [5.74, 6) is 0.479. The third-order valence-corrected chi connectivity index (χ3v) is 4.20. The van der Waals surface area contributed by atoms with Gasteiger partial charge in [0.15, 0.2) is 0 Å². The molecule has 2 aromatic rings. The smallest absolute Gasteiger partial charge is 0.249 e. The second-order valence-corrected chi connectivity index (χ2v) is 5.81. The number of piperazine rings is 1. The number of nitrogens with zero attached hydrogens (tertiary/aromatic N) is 6. The van der Waals surface area contributed by atoms with Gasteiger partial charge in [-0.1, -0.05) is 30.3 Å². The van der Waals surface area contributed by atoms with Crippen molar-refractivity contribution in [3.63, 3.8) is 0 Å². The molecule has 1 unspecified atom stereocenters. The molecule has 0 spiro atoms. The molecule has 2 heterocycles. The van der Waals surface area contributed by atoms with Crippen LogP contribution in [0.1, 0.15) is 19.9 Å². The molecule has 1 saturated heterocycles. The van der Waals surface area contributed by atoms with Crippen LogP contribution in [0.2, 0.25) is 0 Å². The quantitative estimate of drug-likeness (QED) is 0.823. The summed E-state index contributed by atoms with van der Waals surface area (Å²) in [4.78, 5) is 28.8. The lowest BCUT2D eigenvalue weighted by molar-refractivity contribution is -0.140. The van der Waals surface area contributed by atoms with Crippen molar-refractivity contribution in [2.24, 2.45) is 0 Å². The number of hydrogen-bond acceptors (Lipinski definition) is 5. The van der Waals surface area contributed by atoms with Crippen LogP contribution in [0.25, 0.3) is 11.4 Å². The van der Waals surface area contributed by atoms with Gasteiger partial charge in [0.05, 0.1) is 0 Å². The lowest BCUT2D eigenvalue weighted by Gasteiger charge is -2.35. The fourth-order valence-electron chi connectivity index (χ4n) is 2.70. The van der Waals surface area contributed by atoms with Crippen LogP contribution in [-0.2, 0) is 9.59 Å². The summed E-state index contributed by atoms with van der Waals surface area (Å²) in [6.45, 7) is 5.49. The highest BCUT2D eigenvalue weighted by Gasteiger charge is 2.28. The summed E-state index contributed by atoms with van der Waals surface area (Å²) in [5.41, 5.74) is 0.860. The zero-order valence-electron chi connectivity index (χ0n) is 13.8. The van der Waals surface area contributed by atoms with E-state index in [-0.39, 0.29) is 11.8 Å². The van der Waals surface area contributed by atoms with Crippen LogP contribution in [0, 0.1) is 0 Å². The van der Waals surface area contributed by atoms with Gasteiger partial charge in [0, 0.05) is 38.7 Å². The van der Waals surface area contributed by atoms with E-state index in [9.17, 15) is 9.59 Å². The van der Waals surface area contributed by atoms with E-state index in [1.54, 1.807) is 23.6 Å². The van der Waals surface area contributed by atoms with Gasteiger partial charge in [0.1, 0.15) is 6.04 Å². The third kappa shape index (κ3) is 3.27. The Hall–Kier alpha value is -2.77. The number of amides is 2. The SMILES string of the molecule is CC(=O)N1CCN(C(=O)C(C)n2nnc(-c3ccccc3)n2)CC1. The first-order valence-corrected chi connectivity index (χ1v) is 7.95. The molecule has 24 heavy (non-hydrogen) atoms. The number of aromatic nitrogens is 4. The number of benzene rings is 1. The maximum absolute atomic E-state index is 12.6. The average molecular weight is 328 g/mol. The van der Waals surface area contributed by atoms with E-state index in [4.69, 9.17) is 0 Å². The second-order valence-electron chi connectivity index (χ2n) is 5.81. The Morgan fingerprint density at radius 3 is 2.29 bits per heavy atom. The van der Waals surface area contributed by atoms with Crippen molar-refractivity contribution in [2.45, 2.75) is 19.9 Å². The molecular weight excluding hydrogens is 308 g/mol. The Morgan fingerprint density at radius 2 is 1.67 bits per heavy atom. The average Bonchev–Trinajstić information content (AvgIpc) is 3.11. The van der Waals surface area contributed by atoms with E-state index < -0.39 is 6.04 Å². The molecule has 3 rings (SSSR count). The number of carbonyl (C=O) groups excluding carboxylic acids is 2. The fourth-order valence-corrected chi connectivity index (χ4v) is 2.70. The molecule has 0 saturated carbocycles. The van der Waals surface area contributed by atoms with Gasteiger partial charge in [0.2, 0.25) is 17.6 Å². The van der Waals surface area contributed by atoms with E-state index >= 15 is 0 Å². The van der Waals surface area contributed by atoms with Crippen molar-refractivity contribution in [1.29, 1.82) is 0 Å². The van der Waals surface area contributed by atoms with Crippen molar-refractivity contribution >= 4 is 11.8 Å². The Morgan fingerprint density at radius 1 is 1.04 bits per heavy atom. The predicted molar refractivity (Wildman–Crippen MR) is 86.8 cm³/mol. The van der Waals surface area contributed by atoms with Crippen LogP contribution in [0.3, 0.4) is 0 Å². The molecule has 1 aromatic heterocycles. The van der Waals surface area contributed by atoms with Gasteiger partial charge in [-0.3, -0.25) is 9.59 Å². The molecule has 0 radical (unpaired) electrons. The molecule has 1 aliphatic heterocycles. The fraction of sp³-hybridized carbons (Fsp3) is 0.438. The van der Waals surface area contributed by atoms with E-state index in [2.05, 4.69) is 15.4 Å². The number of hydrogen-bond donors (Lipinski definition) is 0. The predicted octanol–water partition coefficient (Wildman–Crippen LogP) is 0.592. The van der Waals surface area contributed by atoms with Crippen molar-refractivity contribution in [1.82, 2.24) is 30.0 Å². The Kier molecular flexibility index (Phi) is 4.54. The van der Waals surface area contributed by atoms with Crippen molar-refractivity contribution < 1.29 is 9.59 Å². The molecular formula is C16H20N6O2. The first-order chi connectivity index (χ1) is 11.6. The summed E-state index contributed by atoms with van der Waals surface area (Å²) in [5, 5.41) is 12.4. The van der Waals surface area contributed by atoms with Crippen LogP contribution in [-0.4, -0.2) is 68.0 Å². The maximum Gasteiger partial charge on any atom is 0.249 e. The minimum absolute atomic E-state index is 0.0422. The Labute approximate surface area is 140 Å². The van der Waals surface area contributed by atoms with E-state index in [1.165, 1.54) is 4.80 Å². The number of carbonyl (C=O) groups is 2. The summed E-state index contributed by atoms with van der Waals surface area (Å²) in [7, 11) is 0. The van der Waals surface area contributed by atoms with Crippen LogP contribution >= 0.6 is 0 Å². The highest BCUT2D eigenvalue weighted by molar-refractivity contribution is 5.80. The highest BCUT2D eigenvalue weighted by atomic mass is 16.2. The molecule has 1 fully saturated rings. The lowest BCUT2D eigenvalue weighted by atomic mass is 10.2. The van der Waals surface area contributed by atoms with Crippen molar-refractivity contribution in [2.75, 3.05) is 26.2 Å². The van der Waals surface area contributed by atoms with Gasteiger partial charge in [-0.15, -0.1) is 10.2 Å². The van der Waals surface area contributed by atoms with Crippen molar-refractivity contribution in [3.8, 4) is 11.4 Å². The van der Waals surface area contributed by atoms with Crippen LogP contribution < -0.4 is 0 Å². The standard InChI is InChI=1S/C16H20N6O2/c1-12(16(24)21-10-8-20(9-11-21)13(2)23)22-18-15(17-19-22)14-6-4-3-5-7-14/h3-7,12H,8-11H2,1-2H3. The normalized spacial score (nSPS) is 16.1. The molecule has 2 amide bonds. The number of rotatable bonds is 3. The summed E-state index contributed by atoms with van der Waals surface area (Å²) in [6, 6.07) is 8.99. The first-order valence-electron chi connectivity index (χ1n) is 7.95. The minimum Gasteiger partial charge on any atom is -0.339 e. The third-order valence-electron chi connectivity index (χ3n) is 4.20. The summed E-state index contributed by atoms with van der Waals surface area (Å²) in [6.07, 6.45) is 0. The second kappa shape index (κ2) is 6.77. The summed E-state index contributed by atoms with van der Waals surface area (Å²) >= 11 is 0. The molecule has 8 heteroatoms. The number of tetrazole rings is 1. The van der Waals surface area contributed by atoms with E-state index in [1.807, 2.05) is 30.3 Å². The molecule has 1 aromatic carbocycles. The zero-order valence-corrected chi connectivity index (χ0v) is 13.8. The van der Waals surface area contributed by atoms with Crippen molar-refractivity contribution in [3.05, 3.63) is 30.3 Å². The van der Waals surface area contributed by atoms with Gasteiger partial charge in [0.25, 0.3) is 0 Å². The monoisotopic (exact) mass is 328 g/mol. The molecule has 126 valence electrons. The van der Waals surface area contributed by atoms with Crippen LogP contribution in [0.4, 0.5) is 0 Å². The van der Waals surface area contributed by atoms with Gasteiger partial charge >= 0.3 is 0 Å². The topological polar surface area (TPSA) is 84.2 Å². The molecule has 1 aliphatic rings.